The topological polar surface area (TPSA) is 20.2 Å². The molecule has 1 heteroatoms. The van der Waals surface area contributed by atoms with Crippen LogP contribution in [0.15, 0.2) is 0 Å². The molecule has 0 radical (unpaired) electrons. The second-order valence-electron chi connectivity index (χ2n) is 3.59. The first kappa shape index (κ1) is 7.63. The Hall–Kier alpha value is -0.480. The van der Waals surface area contributed by atoms with Gasteiger partial charge in [-0.1, -0.05) is 6.92 Å². The van der Waals surface area contributed by atoms with Crippen molar-refractivity contribution in [3.8, 4) is 12.3 Å². The van der Waals surface area contributed by atoms with E-state index in [0.29, 0.717) is 0 Å². The largest absolute Gasteiger partial charge is 0.393 e. The quantitative estimate of drug-likeness (QED) is 0.545. The number of aliphatic hydroxyl groups excluding tert-OH is 1. The fourth-order valence-electron chi connectivity index (χ4n) is 1.70. The van der Waals surface area contributed by atoms with Gasteiger partial charge in [-0.15, -0.1) is 12.3 Å². The normalized spacial score (nSPS) is 39.5. The van der Waals surface area contributed by atoms with Gasteiger partial charge < -0.3 is 5.11 Å². The Morgan fingerprint density at radius 1 is 1.80 bits per heavy atom. The van der Waals surface area contributed by atoms with Crippen LogP contribution in [0.5, 0.6) is 0 Å². The van der Waals surface area contributed by atoms with Crippen molar-refractivity contribution in [3.63, 3.8) is 0 Å². The highest BCUT2D eigenvalue weighted by Gasteiger charge is 2.32. The molecule has 1 saturated carbocycles. The molecule has 1 N–H and O–H groups in total. The average molecular weight is 138 g/mol. The highest BCUT2D eigenvalue weighted by Crippen LogP contribution is 2.40. The van der Waals surface area contributed by atoms with Crippen LogP contribution in [0.1, 0.15) is 32.6 Å². The molecule has 1 fully saturated rings. The van der Waals surface area contributed by atoms with Crippen molar-refractivity contribution in [2.24, 2.45) is 5.41 Å². The van der Waals surface area contributed by atoms with Crippen LogP contribution in [-0.4, -0.2) is 11.2 Å². The first-order chi connectivity index (χ1) is 4.66. The summed E-state index contributed by atoms with van der Waals surface area (Å²) in [7, 11) is 0. The van der Waals surface area contributed by atoms with E-state index in [9.17, 15) is 5.11 Å². The molecule has 10 heavy (non-hydrogen) atoms. The van der Waals surface area contributed by atoms with Gasteiger partial charge in [0, 0.05) is 6.42 Å². The first-order valence-corrected chi connectivity index (χ1v) is 3.78. The summed E-state index contributed by atoms with van der Waals surface area (Å²) in [6, 6.07) is 0. The maximum atomic E-state index is 9.22. The molecule has 0 aromatic carbocycles. The van der Waals surface area contributed by atoms with Crippen molar-refractivity contribution >= 4 is 0 Å². The lowest BCUT2D eigenvalue weighted by molar-refractivity contribution is 0.165. The zero-order chi connectivity index (χ0) is 7.61. The van der Waals surface area contributed by atoms with Crippen LogP contribution in [0.2, 0.25) is 0 Å². The van der Waals surface area contributed by atoms with Crippen LogP contribution >= 0.6 is 0 Å². The smallest absolute Gasteiger partial charge is 0.0546 e. The van der Waals surface area contributed by atoms with Crippen molar-refractivity contribution in [2.45, 2.75) is 38.7 Å². The molecule has 0 aliphatic heterocycles. The molecule has 0 heterocycles. The van der Waals surface area contributed by atoms with Gasteiger partial charge in [0.15, 0.2) is 0 Å². The number of aliphatic hydroxyl groups is 1. The number of hydrogen-bond donors (Lipinski definition) is 1. The third kappa shape index (κ3) is 1.52. The second kappa shape index (κ2) is 2.64. The van der Waals surface area contributed by atoms with E-state index in [1.165, 1.54) is 0 Å². The van der Waals surface area contributed by atoms with Gasteiger partial charge in [0.25, 0.3) is 0 Å². The van der Waals surface area contributed by atoms with Gasteiger partial charge in [-0.25, -0.2) is 0 Å². The summed E-state index contributed by atoms with van der Waals surface area (Å²) in [5.74, 6) is 2.66. The molecular formula is C9H14O. The monoisotopic (exact) mass is 138 g/mol. The van der Waals surface area contributed by atoms with Gasteiger partial charge in [0.05, 0.1) is 6.10 Å². The zero-order valence-electron chi connectivity index (χ0n) is 6.43. The molecule has 0 aromatic heterocycles. The Kier molecular flexibility index (Phi) is 2.01. The predicted octanol–water partition coefficient (Wildman–Crippen LogP) is 1.56. The predicted molar refractivity (Wildman–Crippen MR) is 41.4 cm³/mol. The standard InChI is InChI=1S/C9H14O/c1-3-5-9(2)6-4-8(10)7-9/h1,8,10H,4-7H2,2H3. The van der Waals surface area contributed by atoms with Gasteiger partial charge in [0.1, 0.15) is 0 Å². The molecule has 0 bridgehead atoms. The highest BCUT2D eigenvalue weighted by atomic mass is 16.3. The van der Waals surface area contributed by atoms with Gasteiger partial charge in [-0.2, -0.15) is 0 Å². The Morgan fingerprint density at radius 2 is 2.50 bits per heavy atom. The summed E-state index contributed by atoms with van der Waals surface area (Å²) < 4.78 is 0. The Labute approximate surface area is 62.4 Å². The van der Waals surface area contributed by atoms with Crippen molar-refractivity contribution in [1.29, 1.82) is 0 Å². The molecule has 1 aliphatic rings. The van der Waals surface area contributed by atoms with E-state index in [1.807, 2.05) is 0 Å². The van der Waals surface area contributed by atoms with Crippen LogP contribution in [0.4, 0.5) is 0 Å². The summed E-state index contributed by atoms with van der Waals surface area (Å²) in [4.78, 5) is 0. The molecule has 1 rings (SSSR count). The molecule has 2 atom stereocenters. The summed E-state index contributed by atoms with van der Waals surface area (Å²) in [6.07, 6.45) is 8.81. The summed E-state index contributed by atoms with van der Waals surface area (Å²) in [5.41, 5.74) is 0.230. The van der Waals surface area contributed by atoms with Crippen LogP contribution in [0.25, 0.3) is 0 Å². The second-order valence-corrected chi connectivity index (χ2v) is 3.59. The minimum absolute atomic E-state index is 0.0988. The lowest BCUT2D eigenvalue weighted by Gasteiger charge is -2.19. The molecule has 0 spiro atoms. The summed E-state index contributed by atoms with van der Waals surface area (Å²) in [6.45, 7) is 2.16. The zero-order valence-corrected chi connectivity index (χ0v) is 6.43. The molecule has 56 valence electrons. The van der Waals surface area contributed by atoms with Gasteiger partial charge in [0.2, 0.25) is 0 Å². The van der Waals surface area contributed by atoms with E-state index in [0.717, 1.165) is 25.7 Å². The third-order valence-electron chi connectivity index (χ3n) is 2.34. The number of hydrogen-bond acceptors (Lipinski definition) is 1. The highest BCUT2D eigenvalue weighted by molar-refractivity contribution is 4.96. The molecule has 0 aromatic rings. The van der Waals surface area contributed by atoms with Crippen LogP contribution in [0, 0.1) is 17.8 Å². The lowest BCUT2D eigenvalue weighted by atomic mass is 9.85. The fraction of sp³-hybridized carbons (Fsp3) is 0.778. The third-order valence-corrected chi connectivity index (χ3v) is 2.34. The van der Waals surface area contributed by atoms with E-state index in [4.69, 9.17) is 6.42 Å². The van der Waals surface area contributed by atoms with E-state index >= 15 is 0 Å². The molecule has 1 nitrogen and oxygen atoms in total. The average Bonchev–Trinajstić information content (AvgIpc) is 2.12. The number of rotatable bonds is 1. The van der Waals surface area contributed by atoms with E-state index in [1.54, 1.807) is 0 Å². The van der Waals surface area contributed by atoms with Gasteiger partial charge in [-0.3, -0.25) is 0 Å². The maximum Gasteiger partial charge on any atom is 0.0546 e. The van der Waals surface area contributed by atoms with Crippen molar-refractivity contribution in [3.05, 3.63) is 0 Å². The molecule has 2 unspecified atom stereocenters. The van der Waals surface area contributed by atoms with E-state index < -0.39 is 0 Å². The fourth-order valence-corrected chi connectivity index (χ4v) is 1.70. The molecule has 0 amide bonds. The van der Waals surface area contributed by atoms with Crippen molar-refractivity contribution in [2.75, 3.05) is 0 Å². The Morgan fingerprint density at radius 3 is 2.90 bits per heavy atom. The van der Waals surface area contributed by atoms with Crippen LogP contribution < -0.4 is 0 Å². The SMILES string of the molecule is C#CCC1(C)CCC(O)C1. The Balaban J connectivity index is 2.48. The Bertz CT molecular complexity index is 157. The lowest BCUT2D eigenvalue weighted by Crippen LogP contribution is -2.11. The first-order valence-electron chi connectivity index (χ1n) is 3.78. The molecular weight excluding hydrogens is 124 g/mol. The minimum atomic E-state index is -0.0988. The summed E-state index contributed by atoms with van der Waals surface area (Å²) in [5, 5.41) is 9.22. The maximum absolute atomic E-state index is 9.22. The molecule has 1 aliphatic carbocycles. The van der Waals surface area contributed by atoms with E-state index in [-0.39, 0.29) is 11.5 Å². The van der Waals surface area contributed by atoms with Gasteiger partial charge in [-0.05, 0) is 24.7 Å². The van der Waals surface area contributed by atoms with Gasteiger partial charge >= 0.3 is 0 Å². The van der Waals surface area contributed by atoms with Crippen LogP contribution in [-0.2, 0) is 0 Å². The van der Waals surface area contributed by atoms with Crippen LogP contribution in [0.3, 0.4) is 0 Å². The number of terminal acetylenes is 1. The van der Waals surface area contributed by atoms with E-state index in [2.05, 4.69) is 12.8 Å². The van der Waals surface area contributed by atoms with Crippen molar-refractivity contribution in [1.82, 2.24) is 0 Å². The molecule has 0 saturated heterocycles. The minimum Gasteiger partial charge on any atom is -0.393 e. The summed E-state index contributed by atoms with van der Waals surface area (Å²) >= 11 is 0. The van der Waals surface area contributed by atoms with Crippen molar-refractivity contribution < 1.29 is 5.11 Å².